The Morgan fingerprint density at radius 2 is 1.23 bits per heavy atom. The zero-order chi connectivity index (χ0) is 15.5. The zero-order valence-electron chi connectivity index (χ0n) is 11.9. The van der Waals surface area contributed by atoms with E-state index in [0.717, 1.165) is 28.7 Å². The van der Waals surface area contributed by atoms with Gasteiger partial charge in [-0.25, -0.2) is 0 Å². The van der Waals surface area contributed by atoms with Crippen LogP contribution >= 0.6 is 23.2 Å². The summed E-state index contributed by atoms with van der Waals surface area (Å²) in [5.41, 5.74) is 3.90. The molecule has 3 heteroatoms. The summed E-state index contributed by atoms with van der Waals surface area (Å²) in [6.45, 7) is 0. The molecule has 1 nitrogen and oxygen atoms in total. The lowest BCUT2D eigenvalue weighted by Crippen LogP contribution is -1.93. The van der Waals surface area contributed by atoms with Gasteiger partial charge in [0.2, 0.25) is 0 Å². The standard InChI is InChI=1S/C19H14Cl2O/c20-16-6-1-13(2-7-16)11-15-5-10-19(22)18(15)12-14-3-8-17(21)9-4-14/h1-4,6-9,11-12H,5,10H2. The average molecular weight is 329 g/mol. The van der Waals surface area contributed by atoms with Gasteiger partial charge in [0, 0.05) is 22.0 Å². The number of carbonyl (C=O) groups excluding carboxylic acids is 1. The number of Topliss-reactive ketones (excluding diaryl/α,β-unsaturated/α-hetero) is 1. The monoisotopic (exact) mass is 328 g/mol. The Morgan fingerprint density at radius 3 is 1.77 bits per heavy atom. The molecule has 0 spiro atoms. The second-order valence-electron chi connectivity index (χ2n) is 5.25. The van der Waals surface area contributed by atoms with Gasteiger partial charge in [0.05, 0.1) is 0 Å². The van der Waals surface area contributed by atoms with Crippen LogP contribution in [0, 0.1) is 0 Å². The Hall–Kier alpha value is -1.83. The zero-order valence-corrected chi connectivity index (χ0v) is 13.4. The third-order valence-electron chi connectivity index (χ3n) is 3.66. The van der Waals surface area contributed by atoms with Gasteiger partial charge in [-0.05, 0) is 53.5 Å². The maximum atomic E-state index is 12.1. The normalized spacial score (nSPS) is 18.4. The number of halogens is 2. The summed E-state index contributed by atoms with van der Waals surface area (Å²) in [6, 6.07) is 15.1. The Labute approximate surface area is 139 Å². The van der Waals surface area contributed by atoms with Gasteiger partial charge in [-0.1, -0.05) is 53.5 Å². The van der Waals surface area contributed by atoms with E-state index >= 15 is 0 Å². The molecule has 2 aromatic carbocycles. The predicted molar refractivity (Wildman–Crippen MR) is 93.1 cm³/mol. The molecular weight excluding hydrogens is 315 g/mol. The number of carbonyl (C=O) groups is 1. The molecule has 3 rings (SSSR count). The van der Waals surface area contributed by atoms with Crippen LogP contribution in [0.4, 0.5) is 0 Å². The Kier molecular flexibility index (Phi) is 4.47. The van der Waals surface area contributed by atoms with Gasteiger partial charge < -0.3 is 0 Å². The molecule has 1 saturated carbocycles. The molecule has 2 aromatic rings. The van der Waals surface area contributed by atoms with Gasteiger partial charge in [0.1, 0.15) is 0 Å². The molecule has 0 N–H and O–H groups in total. The fourth-order valence-corrected chi connectivity index (χ4v) is 2.76. The molecule has 110 valence electrons. The molecule has 0 unspecified atom stereocenters. The average Bonchev–Trinajstić information content (AvgIpc) is 2.85. The van der Waals surface area contributed by atoms with Gasteiger partial charge in [0.25, 0.3) is 0 Å². The lowest BCUT2D eigenvalue weighted by molar-refractivity contribution is -0.114. The summed E-state index contributed by atoms with van der Waals surface area (Å²) in [5, 5.41) is 1.40. The van der Waals surface area contributed by atoms with Gasteiger partial charge >= 0.3 is 0 Å². The van der Waals surface area contributed by atoms with Crippen LogP contribution in [0.1, 0.15) is 24.0 Å². The first-order valence-corrected chi connectivity index (χ1v) is 7.84. The van der Waals surface area contributed by atoms with E-state index in [4.69, 9.17) is 23.2 Å². The van der Waals surface area contributed by atoms with Gasteiger partial charge in [0.15, 0.2) is 5.78 Å². The Morgan fingerprint density at radius 1 is 0.727 bits per heavy atom. The second-order valence-corrected chi connectivity index (χ2v) is 6.13. The van der Waals surface area contributed by atoms with Gasteiger partial charge in [-0.15, -0.1) is 0 Å². The number of hydrogen-bond donors (Lipinski definition) is 0. The SMILES string of the molecule is O=C1CCC(=Cc2ccc(Cl)cc2)C1=Cc1ccc(Cl)cc1. The third-order valence-corrected chi connectivity index (χ3v) is 4.16. The first-order chi connectivity index (χ1) is 10.6. The van der Waals surface area contributed by atoms with Crippen LogP contribution in [0.5, 0.6) is 0 Å². The predicted octanol–water partition coefficient (Wildman–Crippen LogP) is 5.82. The molecule has 22 heavy (non-hydrogen) atoms. The van der Waals surface area contributed by atoms with E-state index in [9.17, 15) is 4.79 Å². The van der Waals surface area contributed by atoms with Crippen LogP contribution in [0.2, 0.25) is 10.0 Å². The highest BCUT2D eigenvalue weighted by Crippen LogP contribution is 2.31. The fraction of sp³-hybridized carbons (Fsp3) is 0.105. The molecule has 0 saturated heterocycles. The minimum absolute atomic E-state index is 0.190. The lowest BCUT2D eigenvalue weighted by atomic mass is 10.0. The minimum Gasteiger partial charge on any atom is -0.294 e. The molecule has 0 aromatic heterocycles. The van der Waals surface area contributed by atoms with E-state index in [0.29, 0.717) is 16.5 Å². The van der Waals surface area contributed by atoms with Crippen molar-refractivity contribution < 1.29 is 4.79 Å². The lowest BCUT2D eigenvalue weighted by Gasteiger charge is -2.02. The second kappa shape index (κ2) is 6.51. The van der Waals surface area contributed by atoms with Crippen LogP contribution in [-0.4, -0.2) is 5.78 Å². The highest BCUT2D eigenvalue weighted by molar-refractivity contribution is 6.30. The summed E-state index contributed by atoms with van der Waals surface area (Å²) in [6.07, 6.45) is 5.34. The summed E-state index contributed by atoms with van der Waals surface area (Å²) >= 11 is 11.8. The van der Waals surface area contributed by atoms with E-state index < -0.39 is 0 Å². The van der Waals surface area contributed by atoms with E-state index in [-0.39, 0.29) is 5.78 Å². The summed E-state index contributed by atoms with van der Waals surface area (Å²) in [4.78, 5) is 12.1. The molecule has 0 aliphatic heterocycles. The number of ketones is 1. The number of hydrogen-bond acceptors (Lipinski definition) is 1. The van der Waals surface area contributed by atoms with Crippen molar-refractivity contribution in [3.63, 3.8) is 0 Å². The van der Waals surface area contributed by atoms with Crippen molar-refractivity contribution in [2.45, 2.75) is 12.8 Å². The molecular formula is C19H14Cl2O. The first kappa shape index (κ1) is 15.1. The Bertz CT molecular complexity index is 753. The maximum absolute atomic E-state index is 12.1. The molecule has 1 aliphatic carbocycles. The van der Waals surface area contributed by atoms with Crippen molar-refractivity contribution >= 4 is 41.1 Å². The van der Waals surface area contributed by atoms with Crippen LogP contribution in [0.15, 0.2) is 59.7 Å². The molecule has 1 fully saturated rings. The largest absolute Gasteiger partial charge is 0.294 e. The molecule has 0 radical (unpaired) electrons. The first-order valence-electron chi connectivity index (χ1n) is 7.09. The number of benzene rings is 2. The molecule has 0 bridgehead atoms. The van der Waals surface area contributed by atoms with Crippen molar-refractivity contribution in [2.75, 3.05) is 0 Å². The number of allylic oxidation sites excluding steroid dienone is 2. The summed E-state index contributed by atoms with van der Waals surface area (Å²) in [5.74, 6) is 0.190. The van der Waals surface area contributed by atoms with Crippen molar-refractivity contribution in [2.24, 2.45) is 0 Å². The minimum atomic E-state index is 0.190. The maximum Gasteiger partial charge on any atom is 0.163 e. The molecule has 1 aliphatic rings. The smallest absolute Gasteiger partial charge is 0.163 e. The highest BCUT2D eigenvalue weighted by atomic mass is 35.5. The van der Waals surface area contributed by atoms with Crippen LogP contribution < -0.4 is 0 Å². The van der Waals surface area contributed by atoms with Crippen molar-refractivity contribution in [1.29, 1.82) is 0 Å². The molecule has 0 heterocycles. The Balaban J connectivity index is 1.95. The third kappa shape index (κ3) is 3.49. The topological polar surface area (TPSA) is 17.1 Å². The van der Waals surface area contributed by atoms with Crippen molar-refractivity contribution in [3.8, 4) is 0 Å². The van der Waals surface area contributed by atoms with E-state index in [1.54, 1.807) is 0 Å². The number of rotatable bonds is 2. The van der Waals surface area contributed by atoms with Gasteiger partial charge in [-0.3, -0.25) is 4.79 Å². The summed E-state index contributed by atoms with van der Waals surface area (Å²) < 4.78 is 0. The van der Waals surface area contributed by atoms with E-state index in [1.807, 2.05) is 54.6 Å². The molecule has 0 atom stereocenters. The summed E-state index contributed by atoms with van der Waals surface area (Å²) in [7, 11) is 0. The van der Waals surface area contributed by atoms with Crippen LogP contribution in [0.3, 0.4) is 0 Å². The van der Waals surface area contributed by atoms with Crippen molar-refractivity contribution in [1.82, 2.24) is 0 Å². The fourth-order valence-electron chi connectivity index (χ4n) is 2.51. The van der Waals surface area contributed by atoms with Crippen LogP contribution in [0.25, 0.3) is 12.2 Å². The van der Waals surface area contributed by atoms with Crippen molar-refractivity contribution in [3.05, 3.63) is 80.8 Å². The van der Waals surface area contributed by atoms with Crippen LogP contribution in [-0.2, 0) is 4.79 Å². The highest BCUT2D eigenvalue weighted by Gasteiger charge is 2.22. The van der Waals surface area contributed by atoms with Gasteiger partial charge in [-0.2, -0.15) is 0 Å². The van der Waals surface area contributed by atoms with E-state index in [1.165, 1.54) is 0 Å². The molecule has 0 amide bonds. The van der Waals surface area contributed by atoms with E-state index in [2.05, 4.69) is 6.08 Å². The quantitative estimate of drug-likeness (QED) is 0.634.